The van der Waals surface area contributed by atoms with Gasteiger partial charge in [0.05, 0.1) is 11.4 Å². The van der Waals surface area contributed by atoms with E-state index < -0.39 is 0 Å². The molecule has 1 heterocycles. The average molecular weight is 489 g/mol. The van der Waals surface area contributed by atoms with Gasteiger partial charge in [-0.1, -0.05) is 85.0 Å². The molecule has 8 rings (SSSR count). The molecule has 0 unspecified atom stereocenters. The Bertz CT molecular complexity index is 1980. The van der Waals surface area contributed by atoms with Crippen LogP contribution in [0.3, 0.4) is 0 Å². The molecule has 0 radical (unpaired) electrons. The Morgan fingerprint density at radius 1 is 0.658 bits per heavy atom. The van der Waals surface area contributed by atoms with Crippen LogP contribution in [-0.2, 0) is 19.9 Å². The van der Waals surface area contributed by atoms with Crippen molar-refractivity contribution in [3.05, 3.63) is 114 Å². The number of fused-ring (bicyclic) bond motifs is 9. The fourth-order valence-corrected chi connectivity index (χ4v) is 6.73. The lowest BCUT2D eigenvalue weighted by Gasteiger charge is -2.21. The van der Waals surface area contributed by atoms with Crippen molar-refractivity contribution >= 4 is 44.5 Å². The van der Waals surface area contributed by atoms with E-state index >= 15 is 0 Å². The zero-order chi connectivity index (χ0) is 25.2. The standard InChI is InChI=1S/C36H28N2/c1-38-34-20-9-8-19-33(34)37-36(38)24-12-10-11-23(21-24)31-22-32-27-15-3-2-13-25(27)26-14-4-6-17-29(26)35(32)30-18-7-5-16-28(30)31/h2-3,5-7,9-13,15-18,20-22H,4,8,14,19H2,1H3. The molecule has 0 saturated carbocycles. The Labute approximate surface area is 222 Å². The summed E-state index contributed by atoms with van der Waals surface area (Å²) in [6.07, 6.45) is 13.5. The molecule has 0 atom stereocenters. The Morgan fingerprint density at radius 3 is 2.26 bits per heavy atom. The van der Waals surface area contributed by atoms with Crippen LogP contribution in [0.15, 0.2) is 91.0 Å². The number of imidazole rings is 1. The van der Waals surface area contributed by atoms with Crippen molar-refractivity contribution in [2.45, 2.75) is 25.7 Å². The Morgan fingerprint density at radius 2 is 1.39 bits per heavy atom. The average Bonchev–Trinajstić information content (AvgIpc) is 3.33. The highest BCUT2D eigenvalue weighted by Crippen LogP contribution is 2.43. The second kappa shape index (κ2) is 8.29. The number of nitrogens with zero attached hydrogens (tertiary/aromatic N) is 2. The molecule has 2 aliphatic rings. The van der Waals surface area contributed by atoms with Gasteiger partial charge in [-0.25, -0.2) is 4.98 Å². The summed E-state index contributed by atoms with van der Waals surface area (Å²) in [5.74, 6) is 1.04. The summed E-state index contributed by atoms with van der Waals surface area (Å²) in [6, 6.07) is 29.3. The van der Waals surface area contributed by atoms with E-state index in [1.54, 1.807) is 0 Å². The van der Waals surface area contributed by atoms with E-state index in [-0.39, 0.29) is 0 Å². The molecule has 0 spiro atoms. The third-order valence-electron chi connectivity index (χ3n) is 8.50. The van der Waals surface area contributed by atoms with E-state index in [0.717, 1.165) is 37.1 Å². The van der Waals surface area contributed by atoms with Gasteiger partial charge < -0.3 is 4.57 Å². The van der Waals surface area contributed by atoms with Crippen molar-refractivity contribution in [1.29, 1.82) is 0 Å². The molecular weight excluding hydrogens is 460 g/mol. The summed E-state index contributed by atoms with van der Waals surface area (Å²) in [7, 11) is 2.14. The fraction of sp³-hybridized carbons (Fsp3) is 0.139. The van der Waals surface area contributed by atoms with E-state index in [0.29, 0.717) is 0 Å². The Balaban J connectivity index is 1.43. The highest BCUT2D eigenvalue weighted by Gasteiger charge is 2.20. The van der Waals surface area contributed by atoms with Crippen LogP contribution in [0.5, 0.6) is 0 Å². The second-order valence-corrected chi connectivity index (χ2v) is 10.6. The Hall–Kier alpha value is -4.43. The number of aromatic nitrogens is 2. The van der Waals surface area contributed by atoms with Gasteiger partial charge >= 0.3 is 0 Å². The quantitative estimate of drug-likeness (QED) is 0.222. The second-order valence-electron chi connectivity index (χ2n) is 10.6. The lowest BCUT2D eigenvalue weighted by molar-refractivity contribution is 0.891. The molecule has 0 bridgehead atoms. The summed E-state index contributed by atoms with van der Waals surface area (Å²) >= 11 is 0. The van der Waals surface area contributed by atoms with Crippen LogP contribution in [0, 0.1) is 0 Å². The number of hydrogen-bond acceptors (Lipinski definition) is 1. The molecule has 0 amide bonds. The Kier molecular flexibility index (Phi) is 4.72. The molecule has 0 aliphatic heterocycles. The molecule has 6 aromatic rings. The predicted octanol–water partition coefficient (Wildman–Crippen LogP) is 9.13. The summed E-state index contributed by atoms with van der Waals surface area (Å²) in [6.45, 7) is 0. The van der Waals surface area contributed by atoms with Crippen molar-refractivity contribution in [1.82, 2.24) is 9.55 Å². The lowest BCUT2D eigenvalue weighted by Crippen LogP contribution is -1.99. The molecule has 2 nitrogen and oxygen atoms in total. The topological polar surface area (TPSA) is 17.8 Å². The predicted molar refractivity (Wildman–Crippen MR) is 161 cm³/mol. The van der Waals surface area contributed by atoms with E-state index in [1.807, 2.05) is 0 Å². The van der Waals surface area contributed by atoms with Crippen molar-refractivity contribution in [3.8, 4) is 22.5 Å². The highest BCUT2D eigenvalue weighted by atomic mass is 15.1. The van der Waals surface area contributed by atoms with Gasteiger partial charge in [-0.15, -0.1) is 0 Å². The number of benzene rings is 5. The van der Waals surface area contributed by atoms with Gasteiger partial charge in [0.15, 0.2) is 0 Å². The molecular formula is C36H28N2. The van der Waals surface area contributed by atoms with E-state index in [2.05, 4.69) is 115 Å². The minimum absolute atomic E-state index is 1.01. The van der Waals surface area contributed by atoms with Crippen LogP contribution in [0.1, 0.15) is 35.4 Å². The summed E-state index contributed by atoms with van der Waals surface area (Å²) in [4.78, 5) is 5.06. The maximum Gasteiger partial charge on any atom is 0.140 e. The summed E-state index contributed by atoms with van der Waals surface area (Å²) < 4.78 is 2.24. The normalized spacial score (nSPS) is 14.3. The van der Waals surface area contributed by atoms with Crippen LogP contribution in [-0.4, -0.2) is 9.55 Å². The van der Waals surface area contributed by atoms with Crippen LogP contribution in [0.2, 0.25) is 0 Å². The van der Waals surface area contributed by atoms with Gasteiger partial charge in [0.25, 0.3) is 0 Å². The zero-order valence-corrected chi connectivity index (χ0v) is 21.5. The number of allylic oxidation sites excluding steroid dienone is 2. The van der Waals surface area contributed by atoms with Crippen LogP contribution >= 0.6 is 0 Å². The number of rotatable bonds is 2. The van der Waals surface area contributed by atoms with Gasteiger partial charge in [0, 0.05) is 12.6 Å². The van der Waals surface area contributed by atoms with E-state index in [9.17, 15) is 0 Å². The molecule has 0 saturated heterocycles. The molecule has 0 fully saturated rings. The minimum atomic E-state index is 1.01. The fourth-order valence-electron chi connectivity index (χ4n) is 6.73. The van der Waals surface area contributed by atoms with E-state index in [4.69, 9.17) is 4.98 Å². The maximum absolute atomic E-state index is 5.06. The van der Waals surface area contributed by atoms with Crippen molar-refractivity contribution in [3.63, 3.8) is 0 Å². The van der Waals surface area contributed by atoms with Gasteiger partial charge in [0.1, 0.15) is 5.82 Å². The first kappa shape index (κ1) is 21.6. The maximum atomic E-state index is 5.06. The van der Waals surface area contributed by atoms with Gasteiger partial charge in [0.2, 0.25) is 0 Å². The van der Waals surface area contributed by atoms with Crippen LogP contribution in [0.4, 0.5) is 0 Å². The first-order valence-electron chi connectivity index (χ1n) is 13.7. The van der Waals surface area contributed by atoms with Crippen LogP contribution in [0.25, 0.3) is 67.0 Å². The van der Waals surface area contributed by atoms with Gasteiger partial charge in [-0.3, -0.25) is 0 Å². The molecule has 182 valence electrons. The summed E-state index contributed by atoms with van der Waals surface area (Å²) in [5.41, 5.74) is 8.99. The zero-order valence-electron chi connectivity index (χ0n) is 21.5. The molecule has 5 aromatic carbocycles. The SMILES string of the molecule is Cn1c(-c2cccc(-c3cc4c5ccccc5c5c(c4c4ccccc34)C=CCC5)c2)nc2c1C=CCC2. The summed E-state index contributed by atoms with van der Waals surface area (Å²) in [5, 5.41) is 8.09. The monoisotopic (exact) mass is 488 g/mol. The number of aryl methyl sites for hydroxylation is 2. The molecule has 2 aliphatic carbocycles. The highest BCUT2D eigenvalue weighted by molar-refractivity contribution is 6.24. The molecule has 38 heavy (non-hydrogen) atoms. The molecule has 2 heteroatoms. The van der Waals surface area contributed by atoms with E-state index in [1.165, 1.54) is 66.0 Å². The lowest BCUT2D eigenvalue weighted by atomic mass is 9.83. The van der Waals surface area contributed by atoms with Gasteiger partial charge in [-0.2, -0.15) is 0 Å². The van der Waals surface area contributed by atoms with Crippen molar-refractivity contribution in [2.75, 3.05) is 0 Å². The third kappa shape index (κ3) is 3.10. The first-order chi connectivity index (χ1) is 18.8. The molecule has 1 aromatic heterocycles. The molecule has 0 N–H and O–H groups in total. The van der Waals surface area contributed by atoms with Crippen LogP contribution < -0.4 is 0 Å². The third-order valence-corrected chi connectivity index (χ3v) is 8.50. The van der Waals surface area contributed by atoms with Crippen molar-refractivity contribution < 1.29 is 0 Å². The largest absolute Gasteiger partial charge is 0.327 e. The first-order valence-corrected chi connectivity index (χ1v) is 13.7. The van der Waals surface area contributed by atoms with Crippen molar-refractivity contribution in [2.24, 2.45) is 7.05 Å². The minimum Gasteiger partial charge on any atom is -0.327 e. The smallest absolute Gasteiger partial charge is 0.140 e. The number of hydrogen-bond donors (Lipinski definition) is 0. The van der Waals surface area contributed by atoms with Gasteiger partial charge in [-0.05, 0) is 98.5 Å².